The molecule has 0 fully saturated rings. The van der Waals surface area contributed by atoms with Crippen LogP contribution >= 0.6 is 0 Å². The fraction of sp³-hybridized carbons (Fsp3) is 0.250. The third kappa shape index (κ3) is 3.65. The lowest BCUT2D eigenvalue weighted by molar-refractivity contribution is 0.271. The average Bonchev–Trinajstić information content (AvgIpc) is 2.59. The monoisotopic (exact) mass is 342 g/mol. The topological polar surface area (TPSA) is 48.7 Å². The maximum atomic E-state index is 14.1. The van der Waals surface area contributed by atoms with Gasteiger partial charge in [-0.15, -0.1) is 0 Å². The first-order chi connectivity index (χ1) is 12.0. The third-order valence-electron chi connectivity index (χ3n) is 3.71. The number of benzene rings is 2. The van der Waals surface area contributed by atoms with Crippen molar-refractivity contribution in [3.05, 3.63) is 58.5 Å². The quantitative estimate of drug-likeness (QED) is 0.677. The third-order valence-corrected chi connectivity index (χ3v) is 3.71. The predicted molar refractivity (Wildman–Crippen MR) is 94.8 cm³/mol. The van der Waals surface area contributed by atoms with Crippen molar-refractivity contribution in [2.75, 3.05) is 13.7 Å². The van der Waals surface area contributed by atoms with Crippen LogP contribution in [0.3, 0.4) is 0 Å². The molecule has 0 saturated carbocycles. The van der Waals surface area contributed by atoms with Gasteiger partial charge in [-0.3, -0.25) is 4.79 Å². The van der Waals surface area contributed by atoms with Crippen LogP contribution in [0.2, 0.25) is 0 Å². The van der Waals surface area contributed by atoms with Crippen molar-refractivity contribution in [3.8, 4) is 22.8 Å². The molecular formula is C20H19FO4. The molecule has 2 aromatic carbocycles. The molecular weight excluding hydrogens is 323 g/mol. The summed E-state index contributed by atoms with van der Waals surface area (Å²) < 4.78 is 30.5. The van der Waals surface area contributed by atoms with Gasteiger partial charge in [-0.25, -0.2) is 4.39 Å². The van der Waals surface area contributed by atoms with E-state index in [0.29, 0.717) is 29.6 Å². The van der Waals surface area contributed by atoms with Gasteiger partial charge in [-0.2, -0.15) is 0 Å². The molecule has 0 saturated heterocycles. The Morgan fingerprint density at radius 3 is 2.44 bits per heavy atom. The van der Waals surface area contributed by atoms with Crippen molar-refractivity contribution >= 4 is 11.0 Å². The maximum absolute atomic E-state index is 14.1. The van der Waals surface area contributed by atoms with E-state index in [4.69, 9.17) is 13.9 Å². The Kier molecular flexibility index (Phi) is 4.74. The summed E-state index contributed by atoms with van der Waals surface area (Å²) in [5.41, 5.74) is 0.426. The summed E-state index contributed by atoms with van der Waals surface area (Å²) in [5, 5.41) is -0.0820. The van der Waals surface area contributed by atoms with Gasteiger partial charge < -0.3 is 13.9 Å². The highest BCUT2D eigenvalue weighted by atomic mass is 19.1. The van der Waals surface area contributed by atoms with Crippen LogP contribution in [0.4, 0.5) is 4.39 Å². The Morgan fingerprint density at radius 2 is 1.80 bits per heavy atom. The van der Waals surface area contributed by atoms with E-state index in [1.807, 2.05) is 12.1 Å². The van der Waals surface area contributed by atoms with Crippen molar-refractivity contribution in [2.24, 2.45) is 5.92 Å². The Hall–Kier alpha value is -2.82. The molecule has 0 bridgehead atoms. The average molecular weight is 342 g/mol. The Balaban J connectivity index is 2.00. The van der Waals surface area contributed by atoms with Crippen LogP contribution in [-0.2, 0) is 0 Å². The van der Waals surface area contributed by atoms with Crippen LogP contribution in [0, 0.1) is 11.7 Å². The van der Waals surface area contributed by atoms with Crippen molar-refractivity contribution < 1.29 is 18.3 Å². The molecule has 0 amide bonds. The second-order valence-electron chi connectivity index (χ2n) is 6.19. The SMILES string of the molecule is COc1cc(F)c2c(=O)cc(-c3ccc(OCC(C)C)cc3)oc2c1. The largest absolute Gasteiger partial charge is 0.497 e. The lowest BCUT2D eigenvalue weighted by Crippen LogP contribution is -2.04. The van der Waals surface area contributed by atoms with E-state index in [2.05, 4.69) is 13.8 Å². The van der Waals surface area contributed by atoms with Gasteiger partial charge in [0.25, 0.3) is 0 Å². The Labute approximate surface area is 144 Å². The van der Waals surface area contributed by atoms with Gasteiger partial charge >= 0.3 is 0 Å². The van der Waals surface area contributed by atoms with Crippen LogP contribution in [0.5, 0.6) is 11.5 Å². The fourth-order valence-electron chi connectivity index (χ4n) is 2.46. The summed E-state index contributed by atoms with van der Waals surface area (Å²) in [6.07, 6.45) is 0. The van der Waals surface area contributed by atoms with Crippen molar-refractivity contribution in [1.29, 1.82) is 0 Å². The molecule has 0 N–H and O–H groups in total. The lowest BCUT2D eigenvalue weighted by Gasteiger charge is -2.09. The molecule has 1 aromatic heterocycles. The second kappa shape index (κ2) is 6.97. The van der Waals surface area contributed by atoms with Gasteiger partial charge in [0.05, 0.1) is 13.7 Å². The molecule has 25 heavy (non-hydrogen) atoms. The van der Waals surface area contributed by atoms with Gasteiger partial charge in [0.2, 0.25) is 0 Å². The summed E-state index contributed by atoms with van der Waals surface area (Å²) in [6.45, 7) is 4.78. The molecule has 3 aromatic rings. The zero-order chi connectivity index (χ0) is 18.0. The van der Waals surface area contributed by atoms with E-state index in [9.17, 15) is 9.18 Å². The van der Waals surface area contributed by atoms with Crippen LogP contribution in [0.15, 0.2) is 51.7 Å². The van der Waals surface area contributed by atoms with E-state index in [1.54, 1.807) is 12.1 Å². The smallest absolute Gasteiger partial charge is 0.196 e. The summed E-state index contributed by atoms with van der Waals surface area (Å²) in [7, 11) is 1.43. The number of fused-ring (bicyclic) bond motifs is 1. The highest BCUT2D eigenvalue weighted by Gasteiger charge is 2.13. The van der Waals surface area contributed by atoms with Crippen LogP contribution in [0.25, 0.3) is 22.3 Å². The number of ether oxygens (including phenoxy) is 2. The number of hydrogen-bond donors (Lipinski definition) is 0. The van der Waals surface area contributed by atoms with Crippen LogP contribution < -0.4 is 14.9 Å². The molecule has 0 aliphatic heterocycles. The van der Waals surface area contributed by atoms with E-state index >= 15 is 0 Å². The highest BCUT2D eigenvalue weighted by molar-refractivity contribution is 5.80. The number of hydrogen-bond acceptors (Lipinski definition) is 4. The van der Waals surface area contributed by atoms with Gasteiger partial charge in [0.15, 0.2) is 5.43 Å². The molecule has 1 heterocycles. The van der Waals surface area contributed by atoms with E-state index in [-0.39, 0.29) is 11.0 Å². The molecule has 0 spiro atoms. The van der Waals surface area contributed by atoms with E-state index in [0.717, 1.165) is 5.75 Å². The molecule has 0 aliphatic rings. The van der Waals surface area contributed by atoms with Crippen molar-refractivity contribution in [1.82, 2.24) is 0 Å². The zero-order valence-electron chi connectivity index (χ0n) is 14.3. The van der Waals surface area contributed by atoms with Crippen LogP contribution in [-0.4, -0.2) is 13.7 Å². The number of halogens is 1. The van der Waals surface area contributed by atoms with E-state index in [1.165, 1.54) is 25.3 Å². The predicted octanol–water partition coefficient (Wildman–Crippen LogP) is 4.64. The minimum Gasteiger partial charge on any atom is -0.497 e. The Morgan fingerprint density at radius 1 is 1.08 bits per heavy atom. The molecule has 4 nitrogen and oxygen atoms in total. The first-order valence-electron chi connectivity index (χ1n) is 8.02. The van der Waals surface area contributed by atoms with Gasteiger partial charge in [0.1, 0.15) is 34.0 Å². The summed E-state index contributed by atoms with van der Waals surface area (Å²) in [6, 6.07) is 11.2. The molecule has 0 aliphatic carbocycles. The standard InChI is InChI=1S/C20H19FO4/c1-12(2)11-24-14-6-4-13(5-7-14)18-10-17(22)20-16(21)8-15(23-3)9-19(20)25-18/h4-10,12H,11H2,1-3H3. The minimum absolute atomic E-state index is 0.0820. The maximum Gasteiger partial charge on any atom is 0.196 e. The van der Waals surface area contributed by atoms with Crippen LogP contribution in [0.1, 0.15) is 13.8 Å². The summed E-state index contributed by atoms with van der Waals surface area (Å²) in [4.78, 5) is 12.3. The fourth-order valence-corrected chi connectivity index (χ4v) is 2.46. The van der Waals surface area contributed by atoms with Crippen molar-refractivity contribution in [2.45, 2.75) is 13.8 Å². The Bertz CT molecular complexity index is 942. The summed E-state index contributed by atoms with van der Waals surface area (Å²) in [5.74, 6) is 1.17. The number of rotatable bonds is 5. The van der Waals surface area contributed by atoms with Gasteiger partial charge in [-0.05, 0) is 30.2 Å². The number of methoxy groups -OCH3 is 1. The first-order valence-corrected chi connectivity index (χ1v) is 8.02. The van der Waals surface area contributed by atoms with Gasteiger partial charge in [0, 0.05) is 23.8 Å². The second-order valence-corrected chi connectivity index (χ2v) is 6.19. The molecule has 0 atom stereocenters. The minimum atomic E-state index is -0.660. The zero-order valence-corrected chi connectivity index (χ0v) is 14.3. The summed E-state index contributed by atoms with van der Waals surface area (Å²) >= 11 is 0. The van der Waals surface area contributed by atoms with Crippen molar-refractivity contribution in [3.63, 3.8) is 0 Å². The normalized spacial score (nSPS) is 11.1. The molecule has 130 valence electrons. The molecule has 0 radical (unpaired) electrons. The highest BCUT2D eigenvalue weighted by Crippen LogP contribution is 2.28. The lowest BCUT2D eigenvalue weighted by atomic mass is 10.1. The molecule has 5 heteroatoms. The molecule has 3 rings (SSSR count). The molecule has 0 unspecified atom stereocenters. The first kappa shape index (κ1) is 17.0. The van der Waals surface area contributed by atoms with Gasteiger partial charge in [-0.1, -0.05) is 13.8 Å². The van der Waals surface area contributed by atoms with E-state index < -0.39 is 11.2 Å².